The van der Waals surface area contributed by atoms with Crippen molar-refractivity contribution in [1.82, 2.24) is 4.90 Å². The van der Waals surface area contributed by atoms with Gasteiger partial charge in [-0.2, -0.15) is 0 Å². The molecule has 3 aromatic rings. The molecule has 6 heteroatoms. The Morgan fingerprint density at radius 2 is 1.35 bits per heavy atom. The van der Waals surface area contributed by atoms with Gasteiger partial charge in [-0.05, 0) is 18.1 Å². The first-order valence-electron chi connectivity index (χ1n) is 11.3. The summed E-state index contributed by atoms with van der Waals surface area (Å²) in [7, 11) is 0. The Bertz CT molecular complexity index is 1330. The van der Waals surface area contributed by atoms with Crippen LogP contribution in [-0.2, 0) is 20.9 Å². The van der Waals surface area contributed by atoms with Gasteiger partial charge >= 0.3 is 0 Å². The number of amides is 2. The van der Waals surface area contributed by atoms with E-state index in [1.54, 1.807) is 48.5 Å². The monoisotopic (exact) mass is 451 g/mol. The molecule has 2 saturated heterocycles. The number of imide groups is 1. The van der Waals surface area contributed by atoms with E-state index in [2.05, 4.69) is 0 Å². The van der Waals surface area contributed by atoms with Crippen molar-refractivity contribution >= 4 is 23.4 Å². The standard InChI is InChI=1S/C28H21NO5/c1-16-11-13-17(14-12-16)15-29-26(32)21-22(27(29)33)28(34-23(21)18-7-3-2-4-8-18)24(30)19-9-5-6-10-20(19)25(28)31/h2-14,21-23H,15H2,1H3/t21-,22+,23+/m0/s1. The summed E-state index contributed by atoms with van der Waals surface area (Å²) in [6, 6.07) is 23.1. The molecule has 0 radical (unpaired) electrons. The zero-order valence-corrected chi connectivity index (χ0v) is 18.4. The van der Waals surface area contributed by atoms with E-state index in [1.165, 1.54) is 4.90 Å². The molecule has 2 aliphatic heterocycles. The summed E-state index contributed by atoms with van der Waals surface area (Å²) in [6.07, 6.45) is -0.882. The minimum atomic E-state index is -2.02. The highest BCUT2D eigenvalue weighted by Crippen LogP contribution is 2.57. The van der Waals surface area contributed by atoms with Crippen molar-refractivity contribution in [3.05, 3.63) is 107 Å². The number of likely N-dealkylation sites (tertiary alicyclic amines) is 1. The summed E-state index contributed by atoms with van der Waals surface area (Å²) in [5.74, 6) is -4.20. The molecule has 2 fully saturated rings. The number of rotatable bonds is 3. The van der Waals surface area contributed by atoms with Crippen LogP contribution in [0.1, 0.15) is 43.5 Å². The first-order chi connectivity index (χ1) is 16.4. The molecular weight excluding hydrogens is 430 g/mol. The minimum absolute atomic E-state index is 0.0812. The summed E-state index contributed by atoms with van der Waals surface area (Å²) in [5.41, 5.74) is 0.963. The summed E-state index contributed by atoms with van der Waals surface area (Å²) in [4.78, 5) is 56.0. The van der Waals surface area contributed by atoms with E-state index in [0.717, 1.165) is 11.1 Å². The second-order valence-electron chi connectivity index (χ2n) is 9.14. The third-order valence-corrected chi connectivity index (χ3v) is 7.20. The minimum Gasteiger partial charge on any atom is -0.349 e. The fourth-order valence-corrected chi connectivity index (χ4v) is 5.55. The van der Waals surface area contributed by atoms with Crippen molar-refractivity contribution in [3.8, 4) is 0 Å². The average molecular weight is 451 g/mol. The molecule has 0 N–H and O–H groups in total. The highest BCUT2D eigenvalue weighted by atomic mass is 16.5. The fraction of sp³-hybridized carbons (Fsp3) is 0.214. The van der Waals surface area contributed by atoms with E-state index in [-0.39, 0.29) is 17.7 Å². The normalized spacial score (nSPS) is 24.7. The topological polar surface area (TPSA) is 80.8 Å². The van der Waals surface area contributed by atoms with Gasteiger partial charge in [0.2, 0.25) is 29.0 Å². The molecule has 1 aliphatic carbocycles. The van der Waals surface area contributed by atoms with Gasteiger partial charge in [0.05, 0.1) is 24.5 Å². The first-order valence-corrected chi connectivity index (χ1v) is 11.3. The van der Waals surface area contributed by atoms with E-state index in [9.17, 15) is 19.2 Å². The Balaban J connectivity index is 1.48. The third kappa shape index (κ3) is 2.66. The molecule has 168 valence electrons. The average Bonchev–Trinajstić information content (AvgIpc) is 3.42. The van der Waals surface area contributed by atoms with Crippen LogP contribution in [0.15, 0.2) is 78.9 Å². The van der Waals surface area contributed by atoms with Crippen LogP contribution in [0.3, 0.4) is 0 Å². The van der Waals surface area contributed by atoms with Gasteiger partial charge in [-0.1, -0.05) is 84.4 Å². The smallest absolute Gasteiger partial charge is 0.237 e. The number of nitrogens with zero attached hydrogens (tertiary/aromatic N) is 1. The number of benzene rings is 3. The van der Waals surface area contributed by atoms with Gasteiger partial charge in [-0.25, -0.2) is 0 Å². The number of Topliss-reactive ketones (excluding diaryl/α,β-unsaturated/α-hetero) is 2. The lowest BCUT2D eigenvalue weighted by Gasteiger charge is -2.27. The number of carbonyl (C=O) groups is 4. The molecule has 2 heterocycles. The summed E-state index contributed by atoms with van der Waals surface area (Å²) >= 11 is 0. The van der Waals surface area contributed by atoms with Crippen LogP contribution >= 0.6 is 0 Å². The number of aryl methyl sites for hydroxylation is 1. The van der Waals surface area contributed by atoms with Crippen LogP contribution < -0.4 is 0 Å². The molecule has 34 heavy (non-hydrogen) atoms. The fourth-order valence-electron chi connectivity index (χ4n) is 5.55. The van der Waals surface area contributed by atoms with Crippen LogP contribution in [0.2, 0.25) is 0 Å². The zero-order valence-electron chi connectivity index (χ0n) is 18.4. The molecule has 0 aromatic heterocycles. The van der Waals surface area contributed by atoms with Crippen LogP contribution in [0.25, 0.3) is 0 Å². The van der Waals surface area contributed by atoms with Crippen molar-refractivity contribution in [2.45, 2.75) is 25.2 Å². The molecule has 1 spiro atoms. The summed E-state index contributed by atoms with van der Waals surface area (Å²) in [5, 5.41) is 0. The number of ketones is 2. The number of hydrogen-bond donors (Lipinski definition) is 0. The molecule has 3 atom stereocenters. The number of carbonyl (C=O) groups excluding carboxylic acids is 4. The van der Waals surface area contributed by atoms with Crippen LogP contribution in [0.4, 0.5) is 0 Å². The lowest BCUT2D eigenvalue weighted by Crippen LogP contribution is -2.50. The second kappa shape index (κ2) is 7.30. The highest BCUT2D eigenvalue weighted by molar-refractivity contribution is 6.35. The molecule has 2 amide bonds. The molecule has 0 bridgehead atoms. The largest absolute Gasteiger partial charge is 0.349 e. The van der Waals surface area contributed by atoms with E-state index >= 15 is 0 Å². The maximum Gasteiger partial charge on any atom is 0.237 e. The number of hydrogen-bond acceptors (Lipinski definition) is 5. The Labute approximate surface area is 196 Å². The maximum atomic E-state index is 13.8. The zero-order chi connectivity index (χ0) is 23.6. The van der Waals surface area contributed by atoms with Gasteiger partial charge in [0.1, 0.15) is 0 Å². The Morgan fingerprint density at radius 1 is 0.765 bits per heavy atom. The Morgan fingerprint density at radius 3 is 1.97 bits per heavy atom. The predicted octanol–water partition coefficient (Wildman–Crippen LogP) is 3.69. The van der Waals surface area contributed by atoms with Crippen LogP contribution in [-0.4, -0.2) is 33.9 Å². The molecule has 3 aliphatic rings. The van der Waals surface area contributed by atoms with Crippen LogP contribution in [0.5, 0.6) is 0 Å². The second-order valence-corrected chi connectivity index (χ2v) is 9.14. The molecule has 6 rings (SSSR count). The van der Waals surface area contributed by atoms with Crippen molar-refractivity contribution in [1.29, 1.82) is 0 Å². The van der Waals surface area contributed by atoms with Gasteiger partial charge in [-0.3, -0.25) is 24.1 Å². The molecule has 6 nitrogen and oxygen atoms in total. The van der Waals surface area contributed by atoms with E-state index in [1.807, 2.05) is 37.3 Å². The van der Waals surface area contributed by atoms with Gasteiger partial charge in [0.15, 0.2) is 0 Å². The van der Waals surface area contributed by atoms with Gasteiger partial charge in [0, 0.05) is 11.1 Å². The number of ether oxygens (including phenoxy) is 1. The summed E-state index contributed by atoms with van der Waals surface area (Å²) < 4.78 is 6.26. The first kappa shape index (κ1) is 20.7. The van der Waals surface area contributed by atoms with Gasteiger partial charge in [0.25, 0.3) is 0 Å². The van der Waals surface area contributed by atoms with E-state index < -0.39 is 46.9 Å². The van der Waals surface area contributed by atoms with Crippen molar-refractivity contribution in [2.75, 3.05) is 0 Å². The van der Waals surface area contributed by atoms with E-state index in [4.69, 9.17) is 4.74 Å². The van der Waals surface area contributed by atoms with Gasteiger partial charge in [-0.15, -0.1) is 0 Å². The number of fused-ring (bicyclic) bond motifs is 3. The van der Waals surface area contributed by atoms with Crippen LogP contribution in [0, 0.1) is 18.8 Å². The SMILES string of the molecule is Cc1ccc(CN2C(=O)[C@@H]3[C@@H](c4ccccc4)OC4(C(=O)c5ccccc5C4=O)[C@H]3C2=O)cc1. The summed E-state index contributed by atoms with van der Waals surface area (Å²) in [6.45, 7) is 2.04. The maximum absolute atomic E-state index is 13.8. The Hall–Kier alpha value is -3.90. The third-order valence-electron chi connectivity index (χ3n) is 7.20. The quantitative estimate of drug-likeness (QED) is 0.448. The lowest BCUT2D eigenvalue weighted by atomic mass is 9.77. The highest BCUT2D eigenvalue weighted by Gasteiger charge is 2.74. The van der Waals surface area contributed by atoms with Gasteiger partial charge < -0.3 is 4.74 Å². The van der Waals surface area contributed by atoms with E-state index in [0.29, 0.717) is 5.56 Å². The molecule has 3 aromatic carbocycles. The molecule has 0 unspecified atom stereocenters. The molecule has 0 saturated carbocycles. The molecular formula is C28H21NO5. The Kier molecular flexibility index (Phi) is 4.44. The predicted molar refractivity (Wildman–Crippen MR) is 122 cm³/mol. The lowest BCUT2D eigenvalue weighted by molar-refractivity contribution is -0.145. The van der Waals surface area contributed by atoms with Crippen molar-refractivity contribution in [2.24, 2.45) is 11.8 Å². The van der Waals surface area contributed by atoms with Crippen molar-refractivity contribution in [3.63, 3.8) is 0 Å². The van der Waals surface area contributed by atoms with Crippen molar-refractivity contribution < 1.29 is 23.9 Å².